The molecule has 1 N–H and O–H groups in total. The lowest BCUT2D eigenvalue weighted by molar-refractivity contribution is -0.251. The number of aliphatic hydroxyl groups is 1. The van der Waals surface area contributed by atoms with Crippen molar-refractivity contribution in [3.05, 3.63) is 12.2 Å². The van der Waals surface area contributed by atoms with Gasteiger partial charge in [0.2, 0.25) is 0 Å². The topological polar surface area (TPSA) is 66.4 Å². The molecule has 0 radical (unpaired) electrons. The molecule has 3 aliphatic heterocycles. The van der Waals surface area contributed by atoms with E-state index >= 15 is 0 Å². The van der Waals surface area contributed by atoms with Crippen molar-refractivity contribution in [2.24, 2.45) is 0 Å². The Kier molecular flexibility index (Phi) is 4.19. The summed E-state index contributed by atoms with van der Waals surface area (Å²) in [6.07, 6.45) is 10.9. The zero-order valence-corrected chi connectivity index (χ0v) is 14.6. The highest BCUT2D eigenvalue weighted by molar-refractivity contribution is 5.02. The maximum Gasteiger partial charge on any atom is 0.190 e. The Hall–Kier alpha value is -0.500. The highest BCUT2D eigenvalue weighted by atomic mass is 16.8. The minimum Gasteiger partial charge on any atom is -0.387 e. The molecule has 25 heavy (non-hydrogen) atoms. The fourth-order valence-electron chi connectivity index (χ4n) is 4.95. The minimum absolute atomic E-state index is 0.254. The summed E-state index contributed by atoms with van der Waals surface area (Å²) in [4.78, 5) is 0. The van der Waals surface area contributed by atoms with Crippen molar-refractivity contribution in [2.45, 2.75) is 100 Å². The lowest BCUT2D eigenvalue weighted by atomic mass is 9.94. The number of fused-ring (bicyclic) bond motifs is 1. The van der Waals surface area contributed by atoms with Crippen molar-refractivity contribution in [3.8, 4) is 0 Å². The van der Waals surface area contributed by atoms with Gasteiger partial charge in [-0.1, -0.05) is 18.6 Å². The van der Waals surface area contributed by atoms with Crippen LogP contribution < -0.4 is 0 Å². The summed E-state index contributed by atoms with van der Waals surface area (Å²) in [5, 5.41) is 10.8. The summed E-state index contributed by atoms with van der Waals surface area (Å²) in [6.45, 7) is 0.467. The number of aliphatic hydroxyl groups excluding tert-OH is 1. The van der Waals surface area contributed by atoms with Crippen molar-refractivity contribution in [1.29, 1.82) is 0 Å². The van der Waals surface area contributed by atoms with Crippen LogP contribution in [0.2, 0.25) is 0 Å². The van der Waals surface area contributed by atoms with Crippen LogP contribution in [0, 0.1) is 0 Å². The molecule has 4 fully saturated rings. The highest BCUT2D eigenvalue weighted by Crippen LogP contribution is 2.46. The summed E-state index contributed by atoms with van der Waals surface area (Å²) < 4.78 is 30.6. The summed E-state index contributed by atoms with van der Waals surface area (Å²) in [6, 6.07) is 0. The first-order valence-electron chi connectivity index (χ1n) is 9.85. The zero-order chi connectivity index (χ0) is 16.9. The fourth-order valence-corrected chi connectivity index (χ4v) is 4.95. The van der Waals surface area contributed by atoms with Crippen molar-refractivity contribution in [3.63, 3.8) is 0 Å². The predicted octanol–water partition coefficient (Wildman–Crippen LogP) is 2.39. The van der Waals surface area contributed by atoms with E-state index in [1.165, 1.54) is 6.42 Å². The van der Waals surface area contributed by atoms with Gasteiger partial charge in [0.05, 0.1) is 6.61 Å². The van der Waals surface area contributed by atoms with Crippen molar-refractivity contribution in [1.82, 2.24) is 0 Å². The molecule has 5 aliphatic rings. The SMILES string of the molecule is O[C@@H]1[C@H]2OC3(CC=CCCC3)O[C@H]2O[C@@H]1C1COC2(CCCCC2)O1. The molecule has 3 heterocycles. The monoisotopic (exact) mass is 352 g/mol. The van der Waals surface area contributed by atoms with Crippen LogP contribution >= 0.6 is 0 Å². The number of rotatable bonds is 1. The van der Waals surface area contributed by atoms with Crippen molar-refractivity contribution < 1.29 is 28.8 Å². The van der Waals surface area contributed by atoms with E-state index in [4.69, 9.17) is 23.7 Å². The van der Waals surface area contributed by atoms with Crippen LogP contribution in [-0.2, 0) is 23.7 Å². The number of allylic oxidation sites excluding steroid dienone is 1. The number of hydrogen-bond acceptors (Lipinski definition) is 6. The molecule has 0 bridgehead atoms. The second-order valence-electron chi connectivity index (χ2n) is 8.08. The third-order valence-corrected chi connectivity index (χ3v) is 6.30. The van der Waals surface area contributed by atoms with Gasteiger partial charge in [0.25, 0.3) is 0 Å². The van der Waals surface area contributed by atoms with Gasteiger partial charge in [-0.3, -0.25) is 0 Å². The molecule has 140 valence electrons. The first kappa shape index (κ1) is 16.7. The molecule has 2 aliphatic carbocycles. The molecule has 0 aromatic heterocycles. The van der Waals surface area contributed by atoms with E-state index in [1.54, 1.807) is 0 Å². The normalized spacial score (nSPS) is 48.9. The molecule has 0 aromatic rings. The second kappa shape index (κ2) is 6.29. The van der Waals surface area contributed by atoms with Crippen molar-refractivity contribution >= 4 is 0 Å². The van der Waals surface area contributed by atoms with Crippen molar-refractivity contribution in [2.75, 3.05) is 6.61 Å². The van der Waals surface area contributed by atoms with Gasteiger partial charge in [0.1, 0.15) is 24.4 Å². The van der Waals surface area contributed by atoms with E-state index in [2.05, 4.69) is 12.2 Å². The van der Waals surface area contributed by atoms with Gasteiger partial charge in [-0.05, 0) is 25.7 Å². The average Bonchev–Trinajstić information content (AvgIpc) is 3.19. The average molecular weight is 352 g/mol. The maximum absolute atomic E-state index is 10.8. The van der Waals surface area contributed by atoms with Gasteiger partial charge in [-0.25, -0.2) is 0 Å². The van der Waals surface area contributed by atoms with Gasteiger partial charge in [0, 0.05) is 25.7 Å². The van der Waals surface area contributed by atoms with Crippen LogP contribution in [0.15, 0.2) is 12.2 Å². The quantitative estimate of drug-likeness (QED) is 0.731. The molecule has 0 amide bonds. The van der Waals surface area contributed by atoms with Crippen LogP contribution in [0.25, 0.3) is 0 Å². The highest BCUT2D eigenvalue weighted by Gasteiger charge is 2.60. The van der Waals surface area contributed by atoms with E-state index in [0.717, 1.165) is 44.9 Å². The molecule has 2 spiro atoms. The molecule has 6 nitrogen and oxygen atoms in total. The van der Waals surface area contributed by atoms with Crippen LogP contribution in [0.4, 0.5) is 0 Å². The van der Waals surface area contributed by atoms with Crippen LogP contribution in [0.3, 0.4) is 0 Å². The van der Waals surface area contributed by atoms with E-state index in [9.17, 15) is 5.11 Å². The largest absolute Gasteiger partial charge is 0.387 e. The molecule has 6 heteroatoms. The van der Waals surface area contributed by atoms with E-state index in [1.807, 2.05) is 0 Å². The minimum atomic E-state index is -0.746. The smallest absolute Gasteiger partial charge is 0.190 e. The Balaban J connectivity index is 1.25. The molecule has 6 atom stereocenters. The maximum atomic E-state index is 10.8. The summed E-state index contributed by atoms with van der Waals surface area (Å²) >= 11 is 0. The summed E-state index contributed by atoms with van der Waals surface area (Å²) in [5.74, 6) is -1.09. The molecule has 1 saturated carbocycles. The van der Waals surface area contributed by atoms with Crippen LogP contribution in [0.5, 0.6) is 0 Å². The van der Waals surface area contributed by atoms with E-state index in [0.29, 0.717) is 13.0 Å². The van der Waals surface area contributed by atoms with E-state index in [-0.39, 0.29) is 6.10 Å². The van der Waals surface area contributed by atoms with Crippen LogP contribution in [0.1, 0.15) is 57.8 Å². The first-order chi connectivity index (χ1) is 12.2. The molecular formula is C19H28O6. The Morgan fingerprint density at radius 3 is 2.52 bits per heavy atom. The molecular weight excluding hydrogens is 324 g/mol. The van der Waals surface area contributed by atoms with Gasteiger partial charge >= 0.3 is 0 Å². The van der Waals surface area contributed by atoms with Gasteiger partial charge in [-0.15, -0.1) is 0 Å². The molecule has 3 saturated heterocycles. The Morgan fingerprint density at radius 1 is 0.840 bits per heavy atom. The molecule has 0 aromatic carbocycles. The third kappa shape index (κ3) is 2.87. The third-order valence-electron chi connectivity index (χ3n) is 6.30. The first-order valence-corrected chi connectivity index (χ1v) is 9.85. The van der Waals surface area contributed by atoms with Crippen LogP contribution in [-0.4, -0.2) is 54.0 Å². The van der Waals surface area contributed by atoms with Gasteiger partial charge in [-0.2, -0.15) is 0 Å². The molecule has 2 unspecified atom stereocenters. The fraction of sp³-hybridized carbons (Fsp3) is 0.895. The Bertz CT molecular complexity index is 530. The standard InChI is InChI=1S/C19H28O6/c20-14-15(13-12-21-18(23-13)8-6-3-7-9-18)22-17-16(14)24-19(25-17)10-4-1-2-5-11-19/h1,4,13-17,20H,2-3,5-12H2/t13?,14-,15+,16+,17+,19?/m0/s1. The van der Waals surface area contributed by atoms with Gasteiger partial charge in [0.15, 0.2) is 17.9 Å². The predicted molar refractivity (Wildman–Crippen MR) is 87.6 cm³/mol. The number of hydrogen-bond donors (Lipinski definition) is 1. The van der Waals surface area contributed by atoms with E-state index < -0.39 is 36.2 Å². The zero-order valence-electron chi connectivity index (χ0n) is 14.6. The lowest BCUT2D eigenvalue weighted by Gasteiger charge is -2.33. The Morgan fingerprint density at radius 2 is 1.68 bits per heavy atom. The van der Waals surface area contributed by atoms with Gasteiger partial charge < -0.3 is 28.8 Å². The summed E-state index contributed by atoms with van der Waals surface area (Å²) in [7, 11) is 0. The lowest BCUT2D eigenvalue weighted by Crippen LogP contribution is -2.44. The number of ether oxygens (including phenoxy) is 5. The Labute approximate surface area is 148 Å². The summed E-state index contributed by atoms with van der Waals surface area (Å²) in [5.41, 5.74) is 0. The molecule has 5 rings (SSSR count). The second-order valence-corrected chi connectivity index (χ2v) is 8.08.